The van der Waals surface area contributed by atoms with E-state index in [0.29, 0.717) is 30.9 Å². The molecule has 2 saturated heterocycles. The number of hydrogen-bond donors (Lipinski definition) is 1. The summed E-state index contributed by atoms with van der Waals surface area (Å²) in [6.07, 6.45) is 5.86. The molecule has 1 atom stereocenters. The van der Waals surface area contributed by atoms with Crippen molar-refractivity contribution in [1.82, 2.24) is 24.9 Å². The van der Waals surface area contributed by atoms with Gasteiger partial charge in [-0.2, -0.15) is 4.98 Å². The first-order valence-corrected chi connectivity index (χ1v) is 10.7. The number of hydrogen-bond acceptors (Lipinski definition) is 8. The molecule has 0 spiro atoms. The van der Waals surface area contributed by atoms with Crippen LogP contribution in [0.2, 0.25) is 0 Å². The molecule has 0 radical (unpaired) electrons. The number of ether oxygens (including phenoxy) is 1. The van der Waals surface area contributed by atoms with Crippen molar-refractivity contribution in [2.45, 2.75) is 44.7 Å². The zero-order valence-corrected chi connectivity index (χ0v) is 17.7. The Bertz CT molecular complexity index is 849. The van der Waals surface area contributed by atoms with Gasteiger partial charge in [0.1, 0.15) is 5.82 Å². The minimum atomic E-state index is 0.140. The van der Waals surface area contributed by atoms with E-state index in [9.17, 15) is 4.79 Å². The van der Waals surface area contributed by atoms with Gasteiger partial charge in [0.2, 0.25) is 17.6 Å². The van der Waals surface area contributed by atoms with Gasteiger partial charge in [-0.25, -0.2) is 4.98 Å². The number of pyridine rings is 1. The van der Waals surface area contributed by atoms with Crippen molar-refractivity contribution in [3.05, 3.63) is 24.2 Å². The van der Waals surface area contributed by atoms with Crippen LogP contribution >= 0.6 is 0 Å². The number of amides is 1. The molecule has 1 N–H and O–H groups in total. The average Bonchev–Trinajstić information content (AvgIpc) is 3.44. The highest BCUT2D eigenvalue weighted by Gasteiger charge is 2.37. The van der Waals surface area contributed by atoms with Crippen LogP contribution in [-0.2, 0) is 9.53 Å². The topological polar surface area (TPSA) is 96.6 Å². The van der Waals surface area contributed by atoms with Crippen LogP contribution in [0.25, 0.3) is 11.4 Å². The Labute approximate surface area is 176 Å². The maximum Gasteiger partial charge on any atom is 0.244 e. The Morgan fingerprint density at radius 3 is 2.90 bits per heavy atom. The van der Waals surface area contributed by atoms with Crippen molar-refractivity contribution in [1.29, 1.82) is 0 Å². The van der Waals surface area contributed by atoms with Crippen LogP contribution in [0.4, 0.5) is 5.82 Å². The molecule has 2 aliphatic rings. The largest absolute Gasteiger partial charge is 0.383 e. The quantitative estimate of drug-likeness (QED) is 0.690. The highest BCUT2D eigenvalue weighted by molar-refractivity contribution is 5.73. The van der Waals surface area contributed by atoms with Gasteiger partial charge in [-0.15, -0.1) is 0 Å². The first kappa shape index (κ1) is 20.7. The Hall–Kier alpha value is -2.52. The third kappa shape index (κ3) is 4.46. The summed E-state index contributed by atoms with van der Waals surface area (Å²) < 4.78 is 10.8. The molecule has 0 aromatic carbocycles. The molecule has 0 aliphatic carbocycles. The van der Waals surface area contributed by atoms with Crippen molar-refractivity contribution in [2.75, 3.05) is 45.2 Å². The van der Waals surface area contributed by atoms with E-state index in [1.807, 2.05) is 17.0 Å². The normalized spacial score (nSPS) is 20.6. The summed E-state index contributed by atoms with van der Waals surface area (Å²) in [4.78, 5) is 25.2. The van der Waals surface area contributed by atoms with Crippen LogP contribution in [-0.4, -0.2) is 76.8 Å². The highest BCUT2D eigenvalue weighted by atomic mass is 16.5. The van der Waals surface area contributed by atoms with Crippen molar-refractivity contribution >= 4 is 11.7 Å². The zero-order chi connectivity index (χ0) is 20.9. The Balaban J connectivity index is 1.47. The van der Waals surface area contributed by atoms with Gasteiger partial charge in [0.15, 0.2) is 0 Å². The molecule has 1 unspecified atom stereocenters. The monoisotopic (exact) mass is 414 g/mol. The maximum atomic E-state index is 11.6. The number of rotatable bonds is 7. The highest BCUT2D eigenvalue weighted by Crippen LogP contribution is 2.36. The number of methoxy groups -OCH3 is 1. The summed E-state index contributed by atoms with van der Waals surface area (Å²) in [6.45, 7) is 5.57. The van der Waals surface area contributed by atoms with Gasteiger partial charge in [-0.1, -0.05) is 5.16 Å². The number of piperidine rings is 1. The lowest BCUT2D eigenvalue weighted by Crippen LogP contribution is -2.46. The predicted molar refractivity (Wildman–Crippen MR) is 112 cm³/mol. The number of aromatic nitrogens is 3. The lowest BCUT2D eigenvalue weighted by atomic mass is 10.0. The zero-order valence-electron chi connectivity index (χ0n) is 17.7. The van der Waals surface area contributed by atoms with Gasteiger partial charge < -0.3 is 19.5 Å². The lowest BCUT2D eigenvalue weighted by Gasteiger charge is -2.38. The van der Waals surface area contributed by atoms with E-state index in [1.54, 1.807) is 20.2 Å². The van der Waals surface area contributed by atoms with E-state index < -0.39 is 0 Å². The van der Waals surface area contributed by atoms with Gasteiger partial charge >= 0.3 is 0 Å². The predicted octanol–water partition coefficient (Wildman–Crippen LogP) is 2.34. The molecule has 2 aliphatic heterocycles. The Kier molecular flexibility index (Phi) is 6.59. The average molecular weight is 415 g/mol. The first-order chi connectivity index (χ1) is 14.7. The SMILES string of the molecule is COCCNc1ncccc1-c1noc(C2CCCN2C2CCN(C(C)=O)CC2)n1. The van der Waals surface area contributed by atoms with Gasteiger partial charge in [-0.05, 0) is 44.4 Å². The standard InChI is InChI=1S/C21H30N6O3/c1-15(28)26-12-7-16(8-13-26)27-11-4-6-18(27)21-24-20(25-30-21)17-5-3-9-22-19(17)23-10-14-29-2/h3,5,9,16,18H,4,6-8,10-14H2,1-2H3,(H,22,23). The summed E-state index contributed by atoms with van der Waals surface area (Å²) in [5.74, 6) is 2.11. The number of likely N-dealkylation sites (tertiary alicyclic amines) is 2. The second-order valence-corrected chi connectivity index (χ2v) is 7.91. The molecule has 1 amide bonds. The number of carbonyl (C=O) groups is 1. The van der Waals surface area contributed by atoms with Crippen molar-refractivity contribution in [3.8, 4) is 11.4 Å². The van der Waals surface area contributed by atoms with Gasteiger partial charge in [-0.3, -0.25) is 9.69 Å². The van der Waals surface area contributed by atoms with Crippen LogP contribution in [0.15, 0.2) is 22.9 Å². The summed E-state index contributed by atoms with van der Waals surface area (Å²) >= 11 is 0. The molecule has 2 aromatic heterocycles. The second-order valence-electron chi connectivity index (χ2n) is 7.91. The van der Waals surface area contributed by atoms with Gasteiger partial charge in [0, 0.05) is 45.9 Å². The smallest absolute Gasteiger partial charge is 0.244 e. The molecule has 2 aromatic rings. The number of nitrogens with zero attached hydrogens (tertiary/aromatic N) is 5. The number of carbonyl (C=O) groups excluding carboxylic acids is 1. The first-order valence-electron chi connectivity index (χ1n) is 10.7. The van der Waals surface area contributed by atoms with E-state index in [-0.39, 0.29) is 11.9 Å². The van der Waals surface area contributed by atoms with Crippen LogP contribution in [0.5, 0.6) is 0 Å². The molecule has 0 bridgehead atoms. The Morgan fingerprint density at radius 2 is 2.13 bits per heavy atom. The molecule has 9 heteroatoms. The molecule has 4 rings (SSSR count). The minimum Gasteiger partial charge on any atom is -0.383 e. The molecule has 2 fully saturated rings. The van der Waals surface area contributed by atoms with E-state index >= 15 is 0 Å². The van der Waals surface area contributed by atoms with Crippen molar-refractivity contribution in [3.63, 3.8) is 0 Å². The number of nitrogens with one attached hydrogen (secondary N) is 1. The molecule has 0 saturated carbocycles. The third-order valence-electron chi connectivity index (χ3n) is 6.05. The molecular formula is C21H30N6O3. The second kappa shape index (κ2) is 9.53. The lowest BCUT2D eigenvalue weighted by molar-refractivity contribution is -0.130. The maximum absolute atomic E-state index is 11.6. The number of anilines is 1. The summed E-state index contributed by atoms with van der Waals surface area (Å²) in [5.41, 5.74) is 0.822. The van der Waals surface area contributed by atoms with E-state index in [0.717, 1.165) is 56.7 Å². The van der Waals surface area contributed by atoms with Gasteiger partial charge in [0.25, 0.3) is 0 Å². The van der Waals surface area contributed by atoms with Crippen LogP contribution < -0.4 is 5.32 Å². The molecule has 9 nitrogen and oxygen atoms in total. The third-order valence-corrected chi connectivity index (χ3v) is 6.05. The van der Waals surface area contributed by atoms with Crippen LogP contribution in [0.3, 0.4) is 0 Å². The molecule has 162 valence electrons. The fourth-order valence-electron chi connectivity index (χ4n) is 4.48. The fraction of sp³-hybridized carbons (Fsp3) is 0.619. The van der Waals surface area contributed by atoms with Crippen molar-refractivity contribution < 1.29 is 14.1 Å². The van der Waals surface area contributed by atoms with E-state index in [4.69, 9.17) is 14.2 Å². The molecule has 30 heavy (non-hydrogen) atoms. The van der Waals surface area contributed by atoms with Crippen molar-refractivity contribution in [2.24, 2.45) is 0 Å². The van der Waals surface area contributed by atoms with E-state index in [1.165, 1.54) is 0 Å². The molecular weight excluding hydrogens is 384 g/mol. The minimum absolute atomic E-state index is 0.140. The fourth-order valence-corrected chi connectivity index (χ4v) is 4.48. The summed E-state index contributed by atoms with van der Waals surface area (Å²) in [7, 11) is 1.67. The van der Waals surface area contributed by atoms with Gasteiger partial charge in [0.05, 0.1) is 18.2 Å². The Morgan fingerprint density at radius 1 is 1.30 bits per heavy atom. The van der Waals surface area contributed by atoms with E-state index in [2.05, 4.69) is 20.4 Å². The summed E-state index contributed by atoms with van der Waals surface area (Å²) in [6, 6.07) is 4.41. The van der Waals surface area contributed by atoms with Crippen LogP contribution in [0, 0.1) is 0 Å². The molecule has 4 heterocycles. The van der Waals surface area contributed by atoms with Crippen LogP contribution in [0.1, 0.15) is 44.5 Å². The summed E-state index contributed by atoms with van der Waals surface area (Å²) in [5, 5.41) is 7.52.